The van der Waals surface area contributed by atoms with Crippen molar-refractivity contribution in [3.8, 4) is 16.9 Å². The maximum Gasteiger partial charge on any atom is 0.131 e. The maximum atomic E-state index is 15.4. The lowest BCUT2D eigenvalue weighted by Gasteiger charge is -2.30. The Balaban J connectivity index is 2.24. The molecule has 0 N–H and O–H groups in total. The van der Waals surface area contributed by atoms with Crippen LogP contribution < -0.4 is 4.74 Å². The topological polar surface area (TPSA) is 9.23 Å². The van der Waals surface area contributed by atoms with Crippen LogP contribution >= 0.6 is 0 Å². The smallest absolute Gasteiger partial charge is 0.131 e. The van der Waals surface area contributed by atoms with Crippen LogP contribution in [0.2, 0.25) is 0 Å². The van der Waals surface area contributed by atoms with Gasteiger partial charge in [-0.2, -0.15) is 0 Å². The Hall–Kier alpha value is -1.90. The molecule has 27 heavy (non-hydrogen) atoms. The van der Waals surface area contributed by atoms with Crippen molar-refractivity contribution >= 4 is 0 Å². The molecule has 3 heteroatoms. The van der Waals surface area contributed by atoms with Gasteiger partial charge in [0.25, 0.3) is 0 Å². The molecular formula is C24H30F2O. The summed E-state index contributed by atoms with van der Waals surface area (Å²) in [5, 5.41) is 0. The van der Waals surface area contributed by atoms with Crippen LogP contribution in [0.5, 0.6) is 5.75 Å². The molecule has 1 fully saturated rings. The molecule has 3 rings (SSSR count). The highest BCUT2D eigenvalue weighted by Crippen LogP contribution is 2.52. The van der Waals surface area contributed by atoms with Gasteiger partial charge in [-0.05, 0) is 71.9 Å². The zero-order valence-electron chi connectivity index (χ0n) is 17.0. The third-order valence-corrected chi connectivity index (χ3v) is 5.90. The third kappa shape index (κ3) is 4.02. The molecule has 0 bridgehead atoms. The molecule has 1 saturated carbocycles. The van der Waals surface area contributed by atoms with E-state index < -0.39 is 5.82 Å². The molecule has 1 atom stereocenters. The molecule has 1 aliphatic carbocycles. The quantitative estimate of drug-likeness (QED) is 0.542. The van der Waals surface area contributed by atoms with Crippen molar-refractivity contribution in [2.45, 2.75) is 59.3 Å². The number of rotatable bonds is 5. The number of ether oxygens (including phenoxy) is 1. The first-order valence-corrected chi connectivity index (χ1v) is 9.89. The summed E-state index contributed by atoms with van der Waals surface area (Å²) in [7, 11) is 1.54. The van der Waals surface area contributed by atoms with Gasteiger partial charge in [0, 0.05) is 11.1 Å². The molecule has 0 spiro atoms. The highest BCUT2D eigenvalue weighted by Gasteiger charge is 2.38. The number of hydrogen-bond donors (Lipinski definition) is 0. The summed E-state index contributed by atoms with van der Waals surface area (Å²) in [6.45, 7) is 8.74. The van der Waals surface area contributed by atoms with E-state index in [9.17, 15) is 4.39 Å². The maximum absolute atomic E-state index is 15.4. The van der Waals surface area contributed by atoms with Crippen molar-refractivity contribution in [3.05, 3.63) is 53.1 Å². The Morgan fingerprint density at radius 1 is 1.11 bits per heavy atom. The SMILES string of the molecule is COc1ccc(F)c(-c2c(F)cc(CC(C)C)cc2[C@H]2CCCC2(C)C)c1. The van der Waals surface area contributed by atoms with Crippen LogP contribution in [0.3, 0.4) is 0 Å². The van der Waals surface area contributed by atoms with E-state index in [2.05, 4.69) is 33.8 Å². The molecule has 1 nitrogen and oxygen atoms in total. The zero-order valence-corrected chi connectivity index (χ0v) is 17.0. The van der Waals surface area contributed by atoms with Crippen LogP contribution in [0.1, 0.15) is 64.0 Å². The van der Waals surface area contributed by atoms with Crippen molar-refractivity contribution in [1.82, 2.24) is 0 Å². The predicted molar refractivity (Wildman–Crippen MR) is 107 cm³/mol. The van der Waals surface area contributed by atoms with Gasteiger partial charge in [-0.25, -0.2) is 8.78 Å². The van der Waals surface area contributed by atoms with Gasteiger partial charge in [-0.15, -0.1) is 0 Å². The summed E-state index contributed by atoms with van der Waals surface area (Å²) in [5.41, 5.74) is 2.71. The molecule has 0 heterocycles. The summed E-state index contributed by atoms with van der Waals surface area (Å²) in [5.74, 6) is 0.447. The Morgan fingerprint density at radius 3 is 2.44 bits per heavy atom. The summed E-state index contributed by atoms with van der Waals surface area (Å²) in [6, 6.07) is 8.25. The van der Waals surface area contributed by atoms with E-state index in [-0.39, 0.29) is 17.2 Å². The number of hydrogen-bond acceptors (Lipinski definition) is 1. The van der Waals surface area contributed by atoms with Crippen LogP contribution in [-0.4, -0.2) is 7.11 Å². The van der Waals surface area contributed by atoms with Crippen LogP contribution in [0.15, 0.2) is 30.3 Å². The monoisotopic (exact) mass is 372 g/mol. The summed E-state index contributed by atoms with van der Waals surface area (Å²) < 4.78 is 35.3. The van der Waals surface area contributed by atoms with Gasteiger partial charge in [-0.3, -0.25) is 0 Å². The van der Waals surface area contributed by atoms with Gasteiger partial charge in [0.2, 0.25) is 0 Å². The molecule has 1 aliphatic rings. The first-order valence-electron chi connectivity index (χ1n) is 9.89. The van der Waals surface area contributed by atoms with Crippen molar-refractivity contribution in [2.75, 3.05) is 7.11 Å². The highest BCUT2D eigenvalue weighted by atomic mass is 19.1. The molecule has 2 aromatic rings. The molecule has 2 aromatic carbocycles. The predicted octanol–water partition coefficient (Wildman–Crippen LogP) is 7.13. The second kappa shape index (κ2) is 7.61. The lowest BCUT2D eigenvalue weighted by atomic mass is 9.74. The Labute approximate surface area is 161 Å². The highest BCUT2D eigenvalue weighted by molar-refractivity contribution is 5.71. The van der Waals surface area contributed by atoms with Crippen molar-refractivity contribution in [1.29, 1.82) is 0 Å². The Bertz CT molecular complexity index is 823. The molecule has 0 aromatic heterocycles. The van der Waals surface area contributed by atoms with Crippen LogP contribution in [0.4, 0.5) is 8.78 Å². The Morgan fingerprint density at radius 2 is 1.85 bits per heavy atom. The molecular weight excluding hydrogens is 342 g/mol. The average Bonchev–Trinajstić information content (AvgIpc) is 2.94. The van der Waals surface area contributed by atoms with E-state index in [1.807, 2.05) is 0 Å². The van der Waals surface area contributed by atoms with Crippen LogP contribution in [0.25, 0.3) is 11.1 Å². The molecule has 0 amide bonds. The molecule has 146 valence electrons. The van der Waals surface area contributed by atoms with Gasteiger partial charge < -0.3 is 4.74 Å². The minimum atomic E-state index is -0.414. The van der Waals surface area contributed by atoms with E-state index in [0.717, 1.165) is 36.8 Å². The summed E-state index contributed by atoms with van der Waals surface area (Å²) in [6.07, 6.45) is 4.05. The van der Waals surface area contributed by atoms with E-state index in [0.29, 0.717) is 22.8 Å². The van der Waals surface area contributed by atoms with E-state index in [4.69, 9.17) is 4.74 Å². The summed E-state index contributed by atoms with van der Waals surface area (Å²) in [4.78, 5) is 0. The van der Waals surface area contributed by atoms with Crippen molar-refractivity contribution < 1.29 is 13.5 Å². The lowest BCUT2D eigenvalue weighted by molar-refractivity contribution is 0.332. The fourth-order valence-electron chi connectivity index (χ4n) is 4.56. The second-order valence-electron chi connectivity index (χ2n) is 8.92. The average molecular weight is 372 g/mol. The van der Waals surface area contributed by atoms with E-state index in [1.165, 1.54) is 6.07 Å². The first-order chi connectivity index (χ1) is 12.7. The van der Waals surface area contributed by atoms with Gasteiger partial charge >= 0.3 is 0 Å². The normalized spacial score (nSPS) is 18.9. The third-order valence-electron chi connectivity index (χ3n) is 5.90. The number of halogens is 2. The zero-order chi connectivity index (χ0) is 19.8. The fraction of sp³-hybridized carbons (Fsp3) is 0.500. The Kier molecular flexibility index (Phi) is 5.60. The first kappa shape index (κ1) is 19.9. The van der Waals surface area contributed by atoms with Gasteiger partial charge in [0.15, 0.2) is 0 Å². The van der Waals surface area contributed by atoms with Gasteiger partial charge in [-0.1, -0.05) is 40.2 Å². The molecule has 0 saturated heterocycles. The van der Waals surface area contributed by atoms with Crippen LogP contribution in [-0.2, 0) is 6.42 Å². The fourth-order valence-corrected chi connectivity index (χ4v) is 4.56. The van der Waals surface area contributed by atoms with E-state index in [1.54, 1.807) is 25.3 Å². The van der Waals surface area contributed by atoms with Crippen LogP contribution in [0, 0.1) is 23.0 Å². The van der Waals surface area contributed by atoms with Gasteiger partial charge in [0.05, 0.1) is 7.11 Å². The second-order valence-corrected chi connectivity index (χ2v) is 8.92. The number of benzene rings is 2. The molecule has 0 radical (unpaired) electrons. The van der Waals surface area contributed by atoms with E-state index >= 15 is 4.39 Å². The summed E-state index contributed by atoms with van der Waals surface area (Å²) >= 11 is 0. The number of methoxy groups -OCH3 is 1. The van der Waals surface area contributed by atoms with Crippen molar-refractivity contribution in [2.24, 2.45) is 11.3 Å². The molecule has 0 aliphatic heterocycles. The standard InChI is InChI=1S/C24H30F2O/c1-15(2)11-16-12-18(20-7-6-10-24(20,3)4)23(22(26)13-16)19-14-17(27-5)8-9-21(19)25/h8-9,12-15,20H,6-7,10-11H2,1-5H3/t20-/m1/s1. The molecule has 0 unspecified atom stereocenters. The minimum Gasteiger partial charge on any atom is -0.497 e. The minimum absolute atomic E-state index is 0.0764. The largest absolute Gasteiger partial charge is 0.497 e. The van der Waals surface area contributed by atoms with Crippen molar-refractivity contribution in [3.63, 3.8) is 0 Å². The van der Waals surface area contributed by atoms with Gasteiger partial charge in [0.1, 0.15) is 17.4 Å². The lowest BCUT2D eigenvalue weighted by Crippen LogP contribution is -2.17.